The minimum absolute atomic E-state index is 0.0702. The summed E-state index contributed by atoms with van der Waals surface area (Å²) in [6, 6.07) is 8.54. The van der Waals surface area contributed by atoms with Crippen molar-refractivity contribution >= 4 is 29.3 Å². The molecule has 0 bridgehead atoms. The van der Waals surface area contributed by atoms with Crippen LogP contribution in [0.4, 0.5) is 8.78 Å². The molecule has 1 amide bonds. The monoisotopic (exact) mass is 409 g/mol. The van der Waals surface area contributed by atoms with E-state index >= 15 is 0 Å². The summed E-state index contributed by atoms with van der Waals surface area (Å²) in [6.45, 7) is 0.946. The summed E-state index contributed by atoms with van der Waals surface area (Å²) in [5.41, 5.74) is 0.528. The van der Waals surface area contributed by atoms with Crippen LogP contribution in [0.1, 0.15) is 41.7 Å². The third-order valence-corrected chi connectivity index (χ3v) is 4.15. The first-order valence-electron chi connectivity index (χ1n) is 8.45. The predicted molar refractivity (Wildman–Crippen MR) is 98.9 cm³/mol. The number of hydrogen-bond donors (Lipinski definition) is 1. The van der Waals surface area contributed by atoms with E-state index in [1.165, 1.54) is 13.0 Å². The molecule has 0 aliphatic rings. The standard InChI is InChI=1S/C20H18ClF2NO4/c1-12(16-7-6-15(22)10-17(16)23)24-19(26)11-28-20(27)9-8-18(25)13-2-4-14(21)5-3-13/h2-7,10,12H,8-9,11H2,1H3,(H,24,26)/t12-/m1/s1. The van der Waals surface area contributed by atoms with Crippen LogP contribution >= 0.6 is 11.6 Å². The number of ether oxygens (including phenoxy) is 1. The SMILES string of the molecule is C[C@@H](NC(=O)COC(=O)CCC(=O)c1ccc(Cl)cc1)c1ccc(F)cc1F. The van der Waals surface area contributed by atoms with Gasteiger partial charge in [0.2, 0.25) is 0 Å². The molecular formula is C20H18ClF2NO4. The maximum atomic E-state index is 13.7. The lowest BCUT2D eigenvalue weighted by molar-refractivity contribution is -0.148. The summed E-state index contributed by atoms with van der Waals surface area (Å²) in [6.07, 6.45) is -0.254. The van der Waals surface area contributed by atoms with Crippen LogP contribution in [0, 0.1) is 11.6 Å². The summed E-state index contributed by atoms with van der Waals surface area (Å²) >= 11 is 5.74. The Balaban J connectivity index is 1.75. The van der Waals surface area contributed by atoms with Crippen molar-refractivity contribution in [3.63, 3.8) is 0 Å². The van der Waals surface area contributed by atoms with Crippen molar-refractivity contribution in [1.82, 2.24) is 5.32 Å². The number of Topliss-reactive ketones (excluding diaryl/α,β-unsaturated/α-hetero) is 1. The fraction of sp³-hybridized carbons (Fsp3) is 0.250. The first-order chi connectivity index (χ1) is 13.3. The van der Waals surface area contributed by atoms with Crippen LogP contribution in [0.3, 0.4) is 0 Å². The molecule has 0 saturated heterocycles. The number of carbonyl (C=O) groups excluding carboxylic acids is 3. The van der Waals surface area contributed by atoms with E-state index < -0.39 is 36.2 Å². The Morgan fingerprint density at radius 1 is 1.07 bits per heavy atom. The van der Waals surface area contributed by atoms with Gasteiger partial charge in [0, 0.05) is 28.6 Å². The Morgan fingerprint density at radius 2 is 1.75 bits per heavy atom. The smallest absolute Gasteiger partial charge is 0.306 e. The largest absolute Gasteiger partial charge is 0.456 e. The number of nitrogens with one attached hydrogen (secondary N) is 1. The molecule has 0 saturated carbocycles. The first kappa shape index (κ1) is 21.5. The van der Waals surface area contributed by atoms with Crippen LogP contribution in [0.25, 0.3) is 0 Å². The third kappa shape index (κ3) is 6.42. The van der Waals surface area contributed by atoms with Crippen molar-refractivity contribution in [2.24, 2.45) is 0 Å². The minimum atomic E-state index is -0.787. The molecule has 2 aromatic carbocycles. The second kappa shape index (κ2) is 9.94. The maximum Gasteiger partial charge on any atom is 0.306 e. The van der Waals surface area contributed by atoms with Gasteiger partial charge in [-0.2, -0.15) is 0 Å². The number of amides is 1. The van der Waals surface area contributed by atoms with E-state index in [1.807, 2.05) is 0 Å². The molecule has 0 fully saturated rings. The molecule has 0 aliphatic carbocycles. The maximum absolute atomic E-state index is 13.7. The van der Waals surface area contributed by atoms with Crippen LogP contribution in [0.5, 0.6) is 0 Å². The molecule has 1 N–H and O–H groups in total. The Hall–Kier alpha value is -2.80. The predicted octanol–water partition coefficient (Wildman–Crippen LogP) is 4.00. The highest BCUT2D eigenvalue weighted by Gasteiger charge is 2.16. The van der Waals surface area contributed by atoms with E-state index in [1.54, 1.807) is 24.3 Å². The number of hydrogen-bond acceptors (Lipinski definition) is 4. The van der Waals surface area contributed by atoms with E-state index in [-0.39, 0.29) is 24.2 Å². The summed E-state index contributed by atoms with van der Waals surface area (Å²) in [4.78, 5) is 35.5. The fourth-order valence-corrected chi connectivity index (χ4v) is 2.55. The average Bonchev–Trinajstić information content (AvgIpc) is 2.64. The molecule has 2 rings (SSSR count). The highest BCUT2D eigenvalue weighted by molar-refractivity contribution is 6.30. The van der Waals surface area contributed by atoms with Gasteiger partial charge in [0.15, 0.2) is 12.4 Å². The van der Waals surface area contributed by atoms with E-state index in [9.17, 15) is 23.2 Å². The van der Waals surface area contributed by atoms with Gasteiger partial charge in [0.1, 0.15) is 11.6 Å². The normalized spacial score (nSPS) is 11.6. The van der Waals surface area contributed by atoms with Gasteiger partial charge >= 0.3 is 5.97 Å². The Kier molecular flexibility index (Phi) is 7.63. The molecule has 0 unspecified atom stereocenters. The van der Waals surface area contributed by atoms with Gasteiger partial charge in [-0.15, -0.1) is 0 Å². The molecule has 0 aromatic heterocycles. The molecule has 5 nitrogen and oxygen atoms in total. The highest BCUT2D eigenvalue weighted by Crippen LogP contribution is 2.17. The Morgan fingerprint density at radius 3 is 2.39 bits per heavy atom. The van der Waals surface area contributed by atoms with Gasteiger partial charge < -0.3 is 10.1 Å². The van der Waals surface area contributed by atoms with E-state index in [2.05, 4.69) is 5.32 Å². The summed E-state index contributed by atoms with van der Waals surface area (Å²) < 4.78 is 31.4. The topological polar surface area (TPSA) is 72.5 Å². The lowest BCUT2D eigenvalue weighted by atomic mass is 10.1. The molecule has 148 valence electrons. The molecule has 0 spiro atoms. The number of halogens is 3. The van der Waals surface area contributed by atoms with Crippen molar-refractivity contribution in [2.75, 3.05) is 6.61 Å². The van der Waals surface area contributed by atoms with Gasteiger partial charge in [0.25, 0.3) is 5.91 Å². The van der Waals surface area contributed by atoms with Crippen LogP contribution in [0.15, 0.2) is 42.5 Å². The van der Waals surface area contributed by atoms with E-state index in [0.29, 0.717) is 10.6 Å². The van der Waals surface area contributed by atoms with Gasteiger partial charge in [-0.1, -0.05) is 17.7 Å². The third-order valence-electron chi connectivity index (χ3n) is 3.89. The molecule has 0 aliphatic heterocycles. The second-order valence-corrected chi connectivity index (χ2v) is 6.48. The van der Waals surface area contributed by atoms with Crippen LogP contribution in [-0.2, 0) is 14.3 Å². The van der Waals surface area contributed by atoms with Crippen molar-refractivity contribution in [3.05, 3.63) is 70.2 Å². The lowest BCUT2D eigenvalue weighted by Crippen LogP contribution is -2.31. The number of ketones is 1. The number of carbonyl (C=O) groups is 3. The van der Waals surface area contributed by atoms with Gasteiger partial charge in [-0.05, 0) is 37.3 Å². The molecule has 0 heterocycles. The number of benzene rings is 2. The van der Waals surface area contributed by atoms with E-state index in [0.717, 1.165) is 12.1 Å². The van der Waals surface area contributed by atoms with Crippen molar-refractivity contribution < 1.29 is 27.9 Å². The van der Waals surface area contributed by atoms with Crippen LogP contribution < -0.4 is 5.32 Å². The lowest BCUT2D eigenvalue weighted by Gasteiger charge is -2.15. The minimum Gasteiger partial charge on any atom is -0.456 e. The first-order valence-corrected chi connectivity index (χ1v) is 8.82. The van der Waals surface area contributed by atoms with E-state index in [4.69, 9.17) is 16.3 Å². The zero-order valence-electron chi connectivity index (χ0n) is 15.0. The number of esters is 1. The molecule has 8 heteroatoms. The van der Waals surface area contributed by atoms with Crippen molar-refractivity contribution in [2.45, 2.75) is 25.8 Å². The van der Waals surface area contributed by atoms with Gasteiger partial charge in [-0.25, -0.2) is 8.78 Å². The molecule has 1 atom stereocenters. The highest BCUT2D eigenvalue weighted by atomic mass is 35.5. The zero-order chi connectivity index (χ0) is 20.7. The fourth-order valence-electron chi connectivity index (χ4n) is 2.43. The summed E-state index contributed by atoms with van der Waals surface area (Å²) in [7, 11) is 0. The molecule has 28 heavy (non-hydrogen) atoms. The Bertz CT molecular complexity index is 871. The number of rotatable bonds is 8. The van der Waals surface area contributed by atoms with Crippen molar-refractivity contribution in [3.8, 4) is 0 Å². The summed E-state index contributed by atoms with van der Waals surface area (Å²) in [5.74, 6) is -3.11. The van der Waals surface area contributed by atoms with Gasteiger partial charge in [0.05, 0.1) is 12.5 Å². The Labute approximate surface area is 165 Å². The van der Waals surface area contributed by atoms with Crippen LogP contribution in [-0.4, -0.2) is 24.3 Å². The quantitative estimate of drug-likeness (QED) is 0.528. The molecule has 2 aromatic rings. The molecule has 0 radical (unpaired) electrons. The van der Waals surface area contributed by atoms with Crippen molar-refractivity contribution in [1.29, 1.82) is 0 Å². The average molecular weight is 410 g/mol. The second-order valence-electron chi connectivity index (χ2n) is 6.05. The van der Waals surface area contributed by atoms with Gasteiger partial charge in [-0.3, -0.25) is 14.4 Å². The zero-order valence-corrected chi connectivity index (χ0v) is 15.8. The van der Waals surface area contributed by atoms with Crippen LogP contribution in [0.2, 0.25) is 5.02 Å². The summed E-state index contributed by atoms with van der Waals surface area (Å²) in [5, 5.41) is 2.95. The molecular weight excluding hydrogens is 392 g/mol.